The van der Waals surface area contributed by atoms with Gasteiger partial charge in [0.15, 0.2) is 0 Å². The van der Waals surface area contributed by atoms with Gasteiger partial charge in [0, 0.05) is 12.8 Å². The molecule has 4 heteroatoms. The zero-order valence-corrected chi connectivity index (χ0v) is 18.4. The van der Waals surface area contributed by atoms with Crippen LogP contribution in [0.1, 0.15) is 92.4 Å². The minimum atomic E-state index is -0.429. The summed E-state index contributed by atoms with van der Waals surface area (Å²) in [5.41, 5.74) is 0. The van der Waals surface area contributed by atoms with Crippen molar-refractivity contribution < 1.29 is 19.0 Å². The van der Waals surface area contributed by atoms with Crippen molar-refractivity contribution in [1.29, 1.82) is 0 Å². The van der Waals surface area contributed by atoms with Crippen LogP contribution in [-0.4, -0.2) is 32.1 Å². The largest absolute Gasteiger partial charge is 0.466 e. The summed E-state index contributed by atoms with van der Waals surface area (Å²) in [4.78, 5) is 11.5. The first-order valence-electron chi connectivity index (χ1n) is 10.9. The highest BCUT2D eigenvalue weighted by Crippen LogP contribution is 2.08. The Morgan fingerprint density at radius 2 is 1.52 bits per heavy atom. The monoisotopic (exact) mass is 382 g/mol. The van der Waals surface area contributed by atoms with Crippen LogP contribution in [0.25, 0.3) is 0 Å². The van der Waals surface area contributed by atoms with Gasteiger partial charge in [0.2, 0.25) is 6.29 Å². The molecule has 0 saturated carbocycles. The summed E-state index contributed by atoms with van der Waals surface area (Å²) in [6.07, 6.45) is 7.90. The molecule has 0 aromatic heterocycles. The number of carbonyl (C=O) groups is 1. The van der Waals surface area contributed by atoms with E-state index in [1.54, 1.807) is 0 Å². The Kier molecular flexibility index (Phi) is 17.6. The van der Waals surface area contributed by atoms with Gasteiger partial charge in [0.25, 0.3) is 0 Å². The smallest absolute Gasteiger partial charge is 0.305 e. The molecule has 158 valence electrons. The fourth-order valence-electron chi connectivity index (χ4n) is 2.09. The van der Waals surface area contributed by atoms with E-state index in [2.05, 4.69) is 46.5 Å². The lowest BCUT2D eigenvalue weighted by Gasteiger charge is -2.18. The first-order valence-corrected chi connectivity index (χ1v) is 10.9. The molecular weight excluding hydrogens is 340 g/mol. The highest BCUT2D eigenvalue weighted by Gasteiger charge is 2.10. The summed E-state index contributed by atoms with van der Waals surface area (Å²) >= 11 is 0. The third-order valence-corrected chi connectivity index (χ3v) is 4.62. The van der Waals surface area contributed by atoms with E-state index in [1.165, 1.54) is 0 Å². The third kappa shape index (κ3) is 16.8. The zero-order chi connectivity index (χ0) is 20.3. The number of ether oxygens (including phenoxy) is 3. The van der Waals surface area contributed by atoms with E-state index < -0.39 is 6.29 Å². The van der Waals surface area contributed by atoms with E-state index in [9.17, 15) is 4.79 Å². The predicted octanol–water partition coefficient (Wildman–Crippen LogP) is 5.74. The lowest BCUT2D eigenvalue weighted by atomic mass is 10.1. The van der Waals surface area contributed by atoms with Gasteiger partial charge in [0.1, 0.15) is 0 Å². The van der Waals surface area contributed by atoms with Crippen LogP contribution >= 0.6 is 0 Å². The van der Waals surface area contributed by atoms with E-state index in [4.69, 9.17) is 14.2 Å². The molecule has 0 spiro atoms. The molecular formula is C23H42O4. The highest BCUT2D eigenvalue weighted by molar-refractivity contribution is 5.69. The Balaban J connectivity index is 4.03. The van der Waals surface area contributed by atoms with Gasteiger partial charge in [0.05, 0.1) is 19.8 Å². The molecule has 0 fully saturated rings. The highest BCUT2D eigenvalue weighted by atomic mass is 16.7. The number of carbonyl (C=O) groups excluding carboxylic acids is 1. The van der Waals surface area contributed by atoms with E-state index in [0.29, 0.717) is 38.1 Å². The van der Waals surface area contributed by atoms with Crippen LogP contribution in [0.15, 0.2) is 0 Å². The molecule has 2 atom stereocenters. The zero-order valence-electron chi connectivity index (χ0n) is 18.4. The first-order chi connectivity index (χ1) is 13.0. The second kappa shape index (κ2) is 18.3. The average Bonchev–Trinajstić information content (AvgIpc) is 2.68. The summed E-state index contributed by atoms with van der Waals surface area (Å²) in [5.74, 6) is 7.26. The fourth-order valence-corrected chi connectivity index (χ4v) is 2.09. The summed E-state index contributed by atoms with van der Waals surface area (Å²) in [6.45, 7) is 12.7. The van der Waals surface area contributed by atoms with E-state index in [0.717, 1.165) is 51.4 Å². The maximum atomic E-state index is 11.5. The normalized spacial score (nSPS) is 14.1. The molecule has 0 bridgehead atoms. The number of esters is 1. The average molecular weight is 383 g/mol. The molecule has 0 aliphatic carbocycles. The molecule has 0 N–H and O–H groups in total. The Hall–Kier alpha value is -1.05. The molecule has 0 radical (unpaired) electrons. The topological polar surface area (TPSA) is 44.8 Å². The summed E-state index contributed by atoms with van der Waals surface area (Å²) in [7, 11) is 0. The minimum Gasteiger partial charge on any atom is -0.466 e. The van der Waals surface area contributed by atoms with Crippen molar-refractivity contribution in [2.24, 2.45) is 11.8 Å². The first kappa shape index (κ1) is 26.0. The minimum absolute atomic E-state index is 0.0773. The molecule has 4 nitrogen and oxygen atoms in total. The van der Waals surface area contributed by atoms with Crippen molar-refractivity contribution >= 4 is 5.97 Å². The van der Waals surface area contributed by atoms with Gasteiger partial charge in [-0.05, 0) is 37.0 Å². The Morgan fingerprint density at radius 1 is 0.889 bits per heavy atom. The quantitative estimate of drug-likeness (QED) is 0.148. The van der Waals surface area contributed by atoms with Crippen LogP contribution in [0.2, 0.25) is 0 Å². The number of unbranched alkanes of at least 4 members (excludes halogenated alkanes) is 4. The van der Waals surface area contributed by atoms with Crippen molar-refractivity contribution in [2.45, 2.75) is 98.7 Å². The Labute approximate surface area is 167 Å². The van der Waals surface area contributed by atoms with Crippen LogP contribution in [0.5, 0.6) is 0 Å². The summed E-state index contributed by atoms with van der Waals surface area (Å²) in [5, 5.41) is 0. The van der Waals surface area contributed by atoms with Crippen LogP contribution < -0.4 is 0 Å². The molecule has 0 rings (SSSR count). The molecule has 0 aliphatic heterocycles. The van der Waals surface area contributed by atoms with Gasteiger partial charge in [-0.25, -0.2) is 0 Å². The van der Waals surface area contributed by atoms with Crippen molar-refractivity contribution in [1.82, 2.24) is 0 Å². The second-order valence-corrected chi connectivity index (χ2v) is 7.48. The van der Waals surface area contributed by atoms with Crippen LogP contribution in [0, 0.1) is 23.7 Å². The standard InChI is InChI=1S/C23H42O4/c1-6-9-17-25-22(24)15-13-11-10-12-14-16-23(26-18-20(4)7-2)27-19-21(5)8-3/h20-21,23H,6-13,15,17-19H2,1-5H3. The molecule has 0 heterocycles. The van der Waals surface area contributed by atoms with E-state index >= 15 is 0 Å². The predicted molar refractivity (Wildman–Crippen MR) is 111 cm³/mol. The maximum absolute atomic E-state index is 11.5. The van der Waals surface area contributed by atoms with Gasteiger partial charge in [-0.1, -0.05) is 66.2 Å². The SMILES string of the molecule is CCCCOC(=O)CCCCCC#CC(OCC(C)CC)OCC(C)CC. The van der Waals surface area contributed by atoms with Gasteiger partial charge >= 0.3 is 5.97 Å². The van der Waals surface area contributed by atoms with Crippen LogP contribution in [-0.2, 0) is 19.0 Å². The molecule has 2 unspecified atom stereocenters. The molecule has 0 aromatic carbocycles. The Morgan fingerprint density at radius 3 is 2.07 bits per heavy atom. The van der Waals surface area contributed by atoms with Gasteiger partial charge < -0.3 is 14.2 Å². The van der Waals surface area contributed by atoms with Crippen molar-refractivity contribution in [3.63, 3.8) is 0 Å². The fraction of sp³-hybridized carbons (Fsp3) is 0.870. The second-order valence-electron chi connectivity index (χ2n) is 7.48. The van der Waals surface area contributed by atoms with Crippen molar-refractivity contribution in [3.05, 3.63) is 0 Å². The summed E-state index contributed by atoms with van der Waals surface area (Å²) < 4.78 is 16.8. The van der Waals surface area contributed by atoms with E-state index in [1.807, 2.05) is 0 Å². The summed E-state index contributed by atoms with van der Waals surface area (Å²) in [6, 6.07) is 0. The van der Waals surface area contributed by atoms with Gasteiger partial charge in [-0.2, -0.15) is 0 Å². The van der Waals surface area contributed by atoms with E-state index in [-0.39, 0.29) is 5.97 Å². The molecule has 0 aromatic rings. The molecule has 27 heavy (non-hydrogen) atoms. The van der Waals surface area contributed by atoms with Gasteiger partial charge in [-0.15, -0.1) is 0 Å². The molecule has 0 aliphatic rings. The third-order valence-electron chi connectivity index (χ3n) is 4.62. The number of rotatable bonds is 16. The number of hydrogen-bond acceptors (Lipinski definition) is 4. The maximum Gasteiger partial charge on any atom is 0.305 e. The lowest BCUT2D eigenvalue weighted by Crippen LogP contribution is -2.21. The number of hydrogen-bond donors (Lipinski definition) is 0. The van der Waals surface area contributed by atoms with Gasteiger partial charge in [-0.3, -0.25) is 4.79 Å². The van der Waals surface area contributed by atoms with Crippen LogP contribution in [0.4, 0.5) is 0 Å². The van der Waals surface area contributed by atoms with Crippen molar-refractivity contribution in [2.75, 3.05) is 19.8 Å². The molecule has 0 saturated heterocycles. The lowest BCUT2D eigenvalue weighted by molar-refractivity contribution is -0.143. The van der Waals surface area contributed by atoms with Crippen molar-refractivity contribution in [3.8, 4) is 11.8 Å². The Bertz CT molecular complexity index is 396. The molecule has 0 amide bonds. The van der Waals surface area contributed by atoms with Crippen LogP contribution in [0.3, 0.4) is 0 Å².